The van der Waals surface area contributed by atoms with Crippen LogP contribution in [0.25, 0.3) is 0 Å². The lowest BCUT2D eigenvalue weighted by Gasteiger charge is -2.41. The Labute approximate surface area is 277 Å². The minimum absolute atomic E-state index is 0.0707. The summed E-state index contributed by atoms with van der Waals surface area (Å²) >= 11 is 0. The lowest BCUT2D eigenvalue weighted by Crippen LogP contribution is -2.54. The molecule has 1 aliphatic rings. The zero-order valence-electron chi connectivity index (χ0n) is 30.3. The van der Waals surface area contributed by atoms with Crippen LogP contribution in [0.3, 0.4) is 0 Å². The first-order valence-corrected chi connectivity index (χ1v) is 27.2. The molecule has 1 fully saturated rings. The summed E-state index contributed by atoms with van der Waals surface area (Å²) in [6, 6.07) is 0. The van der Waals surface area contributed by atoms with E-state index in [4.69, 9.17) is 13.6 Å². The van der Waals surface area contributed by atoms with Gasteiger partial charge >= 0.3 is 0 Å². The van der Waals surface area contributed by atoms with Crippen molar-refractivity contribution in [3.63, 3.8) is 0 Å². The molecule has 0 N–H and O–H groups in total. The molecule has 0 bridgehead atoms. The molecule has 8 heteroatoms. The number of ether oxygens (including phenoxy) is 1. The number of hydrogen-bond donors (Lipinski definition) is 0. The van der Waals surface area contributed by atoms with Crippen molar-refractivity contribution in [2.75, 3.05) is 11.5 Å². The van der Waals surface area contributed by atoms with E-state index in [1.54, 1.807) is 0 Å². The molecule has 0 amide bonds. The van der Waals surface area contributed by atoms with Crippen LogP contribution in [0.4, 0.5) is 0 Å². The van der Waals surface area contributed by atoms with Crippen LogP contribution in [-0.2, 0) is 23.4 Å². The molecule has 44 heavy (non-hydrogen) atoms. The first kappa shape index (κ1) is 42.0. The molecule has 0 radical (unpaired) electrons. The van der Waals surface area contributed by atoms with Gasteiger partial charge < -0.3 is 13.6 Å². The molecule has 0 unspecified atom stereocenters. The second-order valence-corrected chi connectivity index (χ2v) is 26.6. The average Bonchev–Trinajstić information content (AvgIpc) is 2.91. The minimum Gasteiger partial charge on any atom is -0.412 e. The van der Waals surface area contributed by atoms with E-state index in [1.807, 2.05) is 6.08 Å². The largest absolute Gasteiger partial charge is 0.412 e. The van der Waals surface area contributed by atoms with Crippen molar-refractivity contribution in [1.82, 2.24) is 0 Å². The summed E-state index contributed by atoms with van der Waals surface area (Å²) in [7, 11) is -7.02. The Bertz CT molecular complexity index is 821. The molecule has 0 aliphatic carbocycles. The number of rotatable bonds is 28. The summed E-state index contributed by atoms with van der Waals surface area (Å²) < 4.78 is 46.7. The van der Waals surface area contributed by atoms with Gasteiger partial charge in [0.25, 0.3) is 0 Å². The third-order valence-electron chi connectivity index (χ3n) is 8.51. The fourth-order valence-electron chi connectivity index (χ4n) is 6.34. The van der Waals surface area contributed by atoms with Gasteiger partial charge in [0.05, 0.1) is 35.9 Å². The highest BCUT2D eigenvalue weighted by Gasteiger charge is 2.42. The maximum atomic E-state index is 13.3. The summed E-state index contributed by atoms with van der Waals surface area (Å²) in [4.78, 5) is 0. The highest BCUT2D eigenvalue weighted by molar-refractivity contribution is 7.91. The number of hydrogen-bond acceptors (Lipinski definition) is 5. The van der Waals surface area contributed by atoms with Crippen molar-refractivity contribution in [2.24, 2.45) is 0 Å². The van der Waals surface area contributed by atoms with E-state index in [-0.39, 0.29) is 23.7 Å². The van der Waals surface area contributed by atoms with E-state index in [9.17, 15) is 8.42 Å². The van der Waals surface area contributed by atoms with E-state index < -0.39 is 38.7 Å². The SMILES string of the molecule is C=CCCCCCCCCCC[C@@H](O[Si](C)(C)C)[C@H]1CS(=O)(=O)C[C@H]([C@@H](CCCCCCCCCCCC)O[Si](C)(C)C)O1. The van der Waals surface area contributed by atoms with Gasteiger partial charge in [-0.3, -0.25) is 0 Å². The molecule has 0 aromatic rings. The molecule has 0 aromatic carbocycles. The van der Waals surface area contributed by atoms with Crippen LogP contribution in [0.2, 0.25) is 39.3 Å². The van der Waals surface area contributed by atoms with Crippen molar-refractivity contribution >= 4 is 26.5 Å². The van der Waals surface area contributed by atoms with Gasteiger partial charge in [0.1, 0.15) is 0 Å². The van der Waals surface area contributed by atoms with Crippen molar-refractivity contribution in [3.8, 4) is 0 Å². The Morgan fingerprint density at radius 1 is 0.636 bits per heavy atom. The second kappa shape index (κ2) is 23.3. The summed E-state index contributed by atoms with van der Waals surface area (Å²) in [5.74, 6) is 0.143. The lowest BCUT2D eigenvalue weighted by molar-refractivity contribution is -0.0986. The highest BCUT2D eigenvalue weighted by Crippen LogP contribution is 2.29. The molecule has 262 valence electrons. The first-order valence-electron chi connectivity index (χ1n) is 18.6. The van der Waals surface area contributed by atoms with E-state index in [0.717, 1.165) is 32.1 Å². The van der Waals surface area contributed by atoms with Crippen molar-refractivity contribution in [3.05, 3.63) is 12.7 Å². The fourth-order valence-corrected chi connectivity index (χ4v) is 10.4. The van der Waals surface area contributed by atoms with Gasteiger partial charge in [0, 0.05) is 0 Å². The summed E-state index contributed by atoms with van der Waals surface area (Å²) in [6.07, 6.45) is 26.5. The zero-order valence-corrected chi connectivity index (χ0v) is 33.1. The Balaban J connectivity index is 2.72. The first-order chi connectivity index (χ1) is 20.8. The molecule has 1 rings (SSSR count). The Hall–Kier alpha value is 0.00377. The molecular formula is C36H74O5SSi2. The van der Waals surface area contributed by atoms with Crippen LogP contribution in [0.5, 0.6) is 0 Å². The molecule has 4 atom stereocenters. The molecule has 1 aliphatic heterocycles. The van der Waals surface area contributed by atoms with E-state index in [0.29, 0.717) is 0 Å². The van der Waals surface area contributed by atoms with Gasteiger partial charge in [-0.25, -0.2) is 8.42 Å². The number of sulfone groups is 1. The molecule has 5 nitrogen and oxygen atoms in total. The quantitative estimate of drug-likeness (QED) is 0.0469. The lowest BCUT2D eigenvalue weighted by atomic mass is 10.0. The normalized spacial score (nSPS) is 20.4. The van der Waals surface area contributed by atoms with E-state index in [1.165, 1.54) is 103 Å². The van der Waals surface area contributed by atoms with Crippen LogP contribution < -0.4 is 0 Å². The van der Waals surface area contributed by atoms with Crippen LogP contribution in [-0.4, -0.2) is 61.0 Å². The smallest absolute Gasteiger partial charge is 0.184 e. The van der Waals surface area contributed by atoms with Crippen molar-refractivity contribution < 1.29 is 22.0 Å². The Kier molecular flexibility index (Phi) is 22.3. The maximum Gasteiger partial charge on any atom is 0.184 e. The predicted molar refractivity (Wildman–Crippen MR) is 197 cm³/mol. The number of unbranched alkanes of at least 4 members (excludes halogenated alkanes) is 17. The minimum atomic E-state index is -3.25. The van der Waals surface area contributed by atoms with Crippen molar-refractivity contribution in [2.45, 2.75) is 205 Å². The second-order valence-electron chi connectivity index (χ2n) is 15.5. The third-order valence-corrected chi connectivity index (χ3v) is 12.2. The molecule has 0 spiro atoms. The Morgan fingerprint density at radius 2 is 0.977 bits per heavy atom. The monoisotopic (exact) mass is 674 g/mol. The van der Waals surface area contributed by atoms with Crippen LogP contribution in [0.15, 0.2) is 12.7 Å². The topological polar surface area (TPSA) is 61.8 Å². The summed E-state index contributed by atoms with van der Waals surface area (Å²) in [5.41, 5.74) is 0. The fraction of sp³-hybridized carbons (Fsp3) is 0.944. The van der Waals surface area contributed by atoms with E-state index in [2.05, 4.69) is 52.8 Å². The Morgan fingerprint density at radius 3 is 1.32 bits per heavy atom. The standard InChI is InChI=1S/C36H74O5SSi2/c1-9-11-13-15-17-19-21-23-25-27-29-33(40-43(3,4)5)35-31-42(37,38)32-36(39-35)34(41-44(6,7)8)30-28-26-24-22-20-18-16-14-12-10-2/h9,33-36H,1,10-32H2,2-8H3/t33-,34-,35-,36-/m1/s1. The maximum absolute atomic E-state index is 13.3. The van der Waals surface area contributed by atoms with E-state index >= 15 is 0 Å². The highest BCUT2D eigenvalue weighted by atomic mass is 32.2. The molecule has 0 saturated carbocycles. The summed E-state index contributed by atoms with van der Waals surface area (Å²) in [6.45, 7) is 19.3. The average molecular weight is 675 g/mol. The molecule has 1 saturated heterocycles. The van der Waals surface area contributed by atoms with Crippen LogP contribution in [0, 0.1) is 0 Å². The van der Waals surface area contributed by atoms with Crippen molar-refractivity contribution in [1.29, 1.82) is 0 Å². The van der Waals surface area contributed by atoms with Crippen LogP contribution >= 0.6 is 0 Å². The molecule has 0 aromatic heterocycles. The predicted octanol–water partition coefficient (Wildman–Crippen LogP) is 11.0. The van der Waals surface area contributed by atoms with Gasteiger partial charge in [-0.2, -0.15) is 0 Å². The van der Waals surface area contributed by atoms with Gasteiger partial charge in [0.2, 0.25) is 0 Å². The van der Waals surface area contributed by atoms with Gasteiger partial charge in [0.15, 0.2) is 26.5 Å². The van der Waals surface area contributed by atoms with Gasteiger partial charge in [-0.15, -0.1) is 6.58 Å². The van der Waals surface area contributed by atoms with Gasteiger partial charge in [-0.1, -0.05) is 122 Å². The molecule has 1 heterocycles. The zero-order chi connectivity index (χ0) is 32.9. The van der Waals surface area contributed by atoms with Gasteiger partial charge in [-0.05, 0) is 65.0 Å². The third kappa shape index (κ3) is 22.5. The summed E-state index contributed by atoms with van der Waals surface area (Å²) in [5, 5.41) is 0. The molecular weight excluding hydrogens is 601 g/mol. The van der Waals surface area contributed by atoms with Crippen LogP contribution in [0.1, 0.15) is 142 Å². The number of allylic oxidation sites excluding steroid dienone is 1.